The molecule has 0 fully saturated rings. The fourth-order valence-corrected chi connectivity index (χ4v) is 1.70. The highest BCUT2D eigenvalue weighted by atomic mass is 79.9. The number of hydrogen-bond donors (Lipinski definition) is 1. The summed E-state index contributed by atoms with van der Waals surface area (Å²) in [6.07, 6.45) is 0. The number of carbonyl (C=O) groups excluding carboxylic acids is 2. The van der Waals surface area contributed by atoms with Crippen LogP contribution in [0.4, 0.5) is 5.69 Å². The Morgan fingerprint density at radius 3 is 2.64 bits per heavy atom. The molecular formula is C10H8BrNO2. The van der Waals surface area contributed by atoms with Gasteiger partial charge in [-0.15, -0.1) is 0 Å². The van der Waals surface area contributed by atoms with Crippen LogP contribution in [0, 0.1) is 0 Å². The first-order valence-corrected chi connectivity index (χ1v) is 4.97. The molecule has 0 saturated heterocycles. The zero-order chi connectivity index (χ0) is 10.3. The number of rotatable bonds is 0. The fourth-order valence-electron chi connectivity index (χ4n) is 1.39. The van der Waals surface area contributed by atoms with Crippen LogP contribution in [0.2, 0.25) is 0 Å². The van der Waals surface area contributed by atoms with Crippen molar-refractivity contribution in [3.05, 3.63) is 29.8 Å². The second-order valence-corrected chi connectivity index (χ2v) is 4.92. The first kappa shape index (κ1) is 9.40. The molecule has 0 aromatic heterocycles. The fraction of sp³-hybridized carbons (Fsp3) is 0.200. The number of Topliss-reactive ketones (excluding diaryl/α,β-unsaturated/α-hetero) is 1. The van der Waals surface area contributed by atoms with Gasteiger partial charge in [-0.3, -0.25) is 9.59 Å². The molecule has 14 heavy (non-hydrogen) atoms. The minimum Gasteiger partial charge on any atom is -0.324 e. The molecule has 72 valence electrons. The predicted octanol–water partition coefficient (Wildman–Crippen LogP) is 1.97. The molecule has 0 unspecified atom stereocenters. The number of nitrogens with one attached hydrogen (secondary N) is 1. The highest BCUT2D eigenvalue weighted by molar-refractivity contribution is 9.10. The summed E-state index contributed by atoms with van der Waals surface area (Å²) in [4.78, 5) is 23.4. The zero-order valence-electron chi connectivity index (χ0n) is 7.50. The van der Waals surface area contributed by atoms with Gasteiger partial charge in [0.25, 0.3) is 0 Å². The number of amides is 1. The molecule has 3 nitrogen and oxygen atoms in total. The van der Waals surface area contributed by atoms with E-state index in [-0.39, 0.29) is 11.7 Å². The average molecular weight is 254 g/mol. The molecule has 1 aromatic carbocycles. The summed E-state index contributed by atoms with van der Waals surface area (Å²) in [6.45, 7) is 1.56. The lowest BCUT2D eigenvalue weighted by molar-refractivity contribution is -0.117. The summed E-state index contributed by atoms with van der Waals surface area (Å²) in [5.41, 5.74) is 1.13. The van der Waals surface area contributed by atoms with Crippen molar-refractivity contribution in [1.29, 1.82) is 0 Å². The van der Waals surface area contributed by atoms with Crippen LogP contribution in [-0.2, 0) is 4.79 Å². The number of para-hydroxylation sites is 1. The molecule has 0 saturated carbocycles. The van der Waals surface area contributed by atoms with Crippen molar-refractivity contribution in [2.75, 3.05) is 5.32 Å². The summed E-state index contributed by atoms with van der Waals surface area (Å²) < 4.78 is -1.14. The molecule has 2 rings (SSSR count). The Labute approximate surface area is 89.6 Å². The van der Waals surface area contributed by atoms with Gasteiger partial charge in [0.15, 0.2) is 10.1 Å². The van der Waals surface area contributed by atoms with Gasteiger partial charge in [-0.1, -0.05) is 28.1 Å². The molecular weight excluding hydrogens is 246 g/mol. The predicted molar refractivity (Wildman–Crippen MR) is 56.7 cm³/mol. The van der Waals surface area contributed by atoms with E-state index in [1.165, 1.54) is 0 Å². The summed E-state index contributed by atoms with van der Waals surface area (Å²) >= 11 is 3.13. The third-order valence-electron chi connectivity index (χ3n) is 2.27. The van der Waals surface area contributed by atoms with Crippen molar-refractivity contribution in [2.24, 2.45) is 0 Å². The first-order chi connectivity index (χ1) is 6.53. The summed E-state index contributed by atoms with van der Waals surface area (Å²) in [6, 6.07) is 6.98. The molecule has 0 aliphatic carbocycles. The lowest BCUT2D eigenvalue weighted by Gasteiger charge is -2.27. The second-order valence-electron chi connectivity index (χ2n) is 3.33. The van der Waals surface area contributed by atoms with E-state index in [2.05, 4.69) is 21.2 Å². The molecule has 1 aliphatic heterocycles. The standard InChI is InChI=1S/C10H8BrNO2/c1-10(11)8(13)6-4-2-3-5-7(6)12-9(10)14/h2-5H,1H3,(H,12,14)/t10-/m1/s1. The SMILES string of the molecule is C[C@]1(Br)C(=O)Nc2ccccc2C1=O. The molecule has 4 heteroatoms. The molecule has 1 atom stereocenters. The summed E-state index contributed by atoms with van der Waals surface area (Å²) in [5.74, 6) is -0.516. The van der Waals surface area contributed by atoms with Gasteiger partial charge in [0.1, 0.15) is 0 Å². The molecule has 0 spiro atoms. The maximum Gasteiger partial charge on any atom is 0.248 e. The number of ketones is 1. The van der Waals surface area contributed by atoms with Crippen LogP contribution in [0.25, 0.3) is 0 Å². The minimum absolute atomic E-state index is 0.197. The van der Waals surface area contributed by atoms with Crippen molar-refractivity contribution in [1.82, 2.24) is 0 Å². The number of anilines is 1. The normalized spacial score (nSPS) is 25.6. The highest BCUT2D eigenvalue weighted by Crippen LogP contribution is 2.32. The average Bonchev–Trinajstić information content (AvgIpc) is 2.15. The quantitative estimate of drug-likeness (QED) is 0.568. The van der Waals surface area contributed by atoms with E-state index in [1.54, 1.807) is 31.2 Å². The van der Waals surface area contributed by atoms with Gasteiger partial charge in [-0.05, 0) is 19.1 Å². The maximum absolute atomic E-state index is 11.8. The van der Waals surface area contributed by atoms with E-state index in [1.807, 2.05) is 0 Å². The van der Waals surface area contributed by atoms with E-state index >= 15 is 0 Å². The van der Waals surface area contributed by atoms with Gasteiger partial charge in [-0.25, -0.2) is 0 Å². The topological polar surface area (TPSA) is 46.2 Å². The highest BCUT2D eigenvalue weighted by Gasteiger charge is 2.43. The van der Waals surface area contributed by atoms with Gasteiger partial charge in [0, 0.05) is 5.56 Å². The smallest absolute Gasteiger partial charge is 0.248 e. The number of benzene rings is 1. The Balaban J connectivity index is 2.61. The van der Waals surface area contributed by atoms with E-state index in [4.69, 9.17) is 0 Å². The summed E-state index contributed by atoms with van der Waals surface area (Å²) in [5, 5.41) is 2.67. The van der Waals surface area contributed by atoms with Gasteiger partial charge in [0.05, 0.1) is 5.69 Å². The van der Waals surface area contributed by atoms with Gasteiger partial charge in [-0.2, -0.15) is 0 Å². The minimum atomic E-state index is -1.14. The van der Waals surface area contributed by atoms with Gasteiger partial charge >= 0.3 is 0 Å². The number of hydrogen-bond acceptors (Lipinski definition) is 2. The number of halogens is 1. The Morgan fingerprint density at radius 2 is 1.93 bits per heavy atom. The third kappa shape index (κ3) is 1.18. The van der Waals surface area contributed by atoms with Crippen LogP contribution < -0.4 is 5.32 Å². The molecule has 1 aromatic rings. The first-order valence-electron chi connectivity index (χ1n) is 4.17. The van der Waals surface area contributed by atoms with E-state index in [0.29, 0.717) is 11.3 Å². The molecule has 0 bridgehead atoms. The summed E-state index contributed by atoms with van der Waals surface area (Å²) in [7, 11) is 0. The van der Waals surface area contributed by atoms with E-state index < -0.39 is 4.32 Å². The molecule has 1 N–H and O–H groups in total. The van der Waals surface area contributed by atoms with Crippen LogP contribution in [0.5, 0.6) is 0 Å². The van der Waals surface area contributed by atoms with Crippen molar-refractivity contribution >= 4 is 33.3 Å². The van der Waals surface area contributed by atoms with E-state index in [0.717, 1.165) is 0 Å². The van der Waals surface area contributed by atoms with Crippen molar-refractivity contribution < 1.29 is 9.59 Å². The monoisotopic (exact) mass is 253 g/mol. The Morgan fingerprint density at radius 1 is 1.29 bits per heavy atom. The van der Waals surface area contributed by atoms with Crippen LogP contribution in [0.3, 0.4) is 0 Å². The number of carbonyl (C=O) groups is 2. The molecule has 1 aliphatic rings. The number of fused-ring (bicyclic) bond motifs is 1. The maximum atomic E-state index is 11.8. The van der Waals surface area contributed by atoms with Crippen molar-refractivity contribution in [2.45, 2.75) is 11.2 Å². The van der Waals surface area contributed by atoms with Crippen LogP contribution in [-0.4, -0.2) is 16.0 Å². The largest absolute Gasteiger partial charge is 0.324 e. The lowest BCUT2D eigenvalue weighted by Crippen LogP contribution is -2.45. The Kier molecular flexibility index (Phi) is 1.96. The Hall–Kier alpha value is -1.16. The Bertz CT molecular complexity index is 426. The third-order valence-corrected chi connectivity index (χ3v) is 2.99. The lowest BCUT2D eigenvalue weighted by atomic mass is 9.93. The molecule has 0 radical (unpaired) electrons. The van der Waals surface area contributed by atoms with Crippen LogP contribution in [0.1, 0.15) is 17.3 Å². The van der Waals surface area contributed by atoms with Crippen LogP contribution in [0.15, 0.2) is 24.3 Å². The van der Waals surface area contributed by atoms with Gasteiger partial charge in [0.2, 0.25) is 5.91 Å². The van der Waals surface area contributed by atoms with Crippen molar-refractivity contribution in [3.63, 3.8) is 0 Å². The van der Waals surface area contributed by atoms with E-state index in [9.17, 15) is 9.59 Å². The molecule has 1 heterocycles. The van der Waals surface area contributed by atoms with Gasteiger partial charge < -0.3 is 5.32 Å². The van der Waals surface area contributed by atoms with Crippen molar-refractivity contribution in [3.8, 4) is 0 Å². The zero-order valence-corrected chi connectivity index (χ0v) is 9.09. The second kappa shape index (κ2) is 2.92. The number of alkyl halides is 1. The van der Waals surface area contributed by atoms with Crippen LogP contribution >= 0.6 is 15.9 Å². The molecule has 1 amide bonds.